The van der Waals surface area contributed by atoms with Crippen LogP contribution in [0.15, 0.2) is 24.3 Å². The van der Waals surface area contributed by atoms with E-state index in [1.807, 2.05) is 31.2 Å². The molecule has 5 heteroatoms. The molecular weight excluding hydrogens is 302 g/mol. The van der Waals surface area contributed by atoms with Gasteiger partial charge in [-0.2, -0.15) is 0 Å². The second-order valence-electron chi connectivity index (χ2n) is 7.13. The molecule has 0 bridgehead atoms. The molecule has 5 nitrogen and oxygen atoms in total. The number of carbonyl (C=O) groups excluding carboxylic acids is 2. The van der Waals surface area contributed by atoms with Gasteiger partial charge in [-0.15, -0.1) is 0 Å². The zero-order valence-corrected chi connectivity index (χ0v) is 14.3. The molecule has 2 saturated carbocycles. The molecule has 2 fully saturated rings. The Bertz CT molecular complexity index is 581. The van der Waals surface area contributed by atoms with E-state index >= 15 is 0 Å². The van der Waals surface area contributed by atoms with Gasteiger partial charge in [0.1, 0.15) is 0 Å². The molecule has 1 aromatic rings. The highest BCUT2D eigenvalue weighted by atomic mass is 16.2. The van der Waals surface area contributed by atoms with Gasteiger partial charge in [0.05, 0.1) is 6.04 Å². The number of urea groups is 1. The van der Waals surface area contributed by atoms with E-state index in [0.29, 0.717) is 11.5 Å². The molecule has 0 saturated heterocycles. The van der Waals surface area contributed by atoms with Crippen molar-refractivity contribution in [2.45, 2.75) is 57.5 Å². The number of rotatable bonds is 5. The molecular formula is C19H27N3O2. The molecule has 3 N–H and O–H groups in total. The fraction of sp³-hybridized carbons (Fsp3) is 0.579. The molecule has 3 amide bonds. The molecule has 0 heterocycles. The largest absolute Gasteiger partial charge is 0.347 e. The Morgan fingerprint density at radius 1 is 0.958 bits per heavy atom. The summed E-state index contributed by atoms with van der Waals surface area (Å²) in [5.41, 5.74) is 1.80. The van der Waals surface area contributed by atoms with Crippen molar-refractivity contribution in [3.63, 3.8) is 0 Å². The number of benzene rings is 1. The van der Waals surface area contributed by atoms with Crippen LogP contribution in [0.5, 0.6) is 0 Å². The first-order valence-electron chi connectivity index (χ1n) is 9.04. The normalized spacial score (nSPS) is 23.4. The minimum Gasteiger partial charge on any atom is -0.347 e. The van der Waals surface area contributed by atoms with E-state index in [1.165, 1.54) is 12.8 Å². The maximum Gasteiger partial charge on any atom is 0.315 e. The third kappa shape index (κ3) is 4.73. The highest BCUT2D eigenvalue weighted by Gasteiger charge is 2.28. The van der Waals surface area contributed by atoms with Crippen LogP contribution in [-0.4, -0.2) is 30.6 Å². The fourth-order valence-electron chi connectivity index (χ4n) is 3.21. The summed E-state index contributed by atoms with van der Waals surface area (Å²) in [6.45, 7) is 2.77. The van der Waals surface area contributed by atoms with Crippen molar-refractivity contribution in [1.29, 1.82) is 0 Å². The maximum atomic E-state index is 12.4. The highest BCUT2D eigenvalue weighted by Crippen LogP contribution is 2.27. The number of amides is 3. The summed E-state index contributed by atoms with van der Waals surface area (Å²) in [6.07, 6.45) is 6.43. The Labute approximate surface area is 143 Å². The first kappa shape index (κ1) is 16.8. The SMILES string of the molecule is Cc1ccc(C(=O)NC2CCCCC2NC(=O)NCC2CC2)cc1. The van der Waals surface area contributed by atoms with Crippen molar-refractivity contribution in [2.24, 2.45) is 5.92 Å². The molecule has 3 rings (SSSR count). The van der Waals surface area contributed by atoms with E-state index < -0.39 is 0 Å². The van der Waals surface area contributed by atoms with Crippen molar-refractivity contribution in [3.05, 3.63) is 35.4 Å². The average molecular weight is 329 g/mol. The molecule has 0 radical (unpaired) electrons. The topological polar surface area (TPSA) is 70.2 Å². The number of hydrogen-bond donors (Lipinski definition) is 3. The second-order valence-corrected chi connectivity index (χ2v) is 7.13. The van der Waals surface area contributed by atoms with Crippen LogP contribution >= 0.6 is 0 Å². The lowest BCUT2D eigenvalue weighted by Gasteiger charge is -2.32. The van der Waals surface area contributed by atoms with E-state index in [0.717, 1.165) is 37.8 Å². The smallest absolute Gasteiger partial charge is 0.315 e. The predicted octanol–water partition coefficient (Wildman–Crippen LogP) is 2.75. The standard InChI is InChI=1S/C19H27N3O2/c1-13-6-10-15(11-7-13)18(23)21-16-4-2-3-5-17(16)22-19(24)20-12-14-8-9-14/h6-7,10-11,14,16-17H,2-5,8-9,12H2,1H3,(H,21,23)(H2,20,22,24). The second kappa shape index (κ2) is 7.69. The fourth-order valence-corrected chi connectivity index (χ4v) is 3.21. The van der Waals surface area contributed by atoms with Crippen LogP contribution in [0.4, 0.5) is 4.79 Å². The molecule has 2 atom stereocenters. The molecule has 130 valence electrons. The van der Waals surface area contributed by atoms with E-state index in [2.05, 4.69) is 16.0 Å². The van der Waals surface area contributed by atoms with Gasteiger partial charge in [0.25, 0.3) is 5.91 Å². The van der Waals surface area contributed by atoms with Crippen molar-refractivity contribution < 1.29 is 9.59 Å². The van der Waals surface area contributed by atoms with E-state index in [9.17, 15) is 9.59 Å². The number of hydrogen-bond acceptors (Lipinski definition) is 2. The summed E-state index contributed by atoms with van der Waals surface area (Å²) in [5.74, 6) is 0.603. The van der Waals surface area contributed by atoms with Gasteiger partial charge in [0.15, 0.2) is 0 Å². The van der Waals surface area contributed by atoms with Crippen LogP contribution in [0.25, 0.3) is 0 Å². The summed E-state index contributed by atoms with van der Waals surface area (Å²) in [4.78, 5) is 24.5. The zero-order valence-electron chi connectivity index (χ0n) is 14.3. The third-order valence-corrected chi connectivity index (χ3v) is 4.96. The van der Waals surface area contributed by atoms with Gasteiger partial charge in [0, 0.05) is 18.2 Å². The van der Waals surface area contributed by atoms with E-state index in [-0.39, 0.29) is 24.0 Å². The van der Waals surface area contributed by atoms with Crippen LogP contribution in [0.3, 0.4) is 0 Å². The molecule has 24 heavy (non-hydrogen) atoms. The van der Waals surface area contributed by atoms with Crippen molar-refractivity contribution in [3.8, 4) is 0 Å². The third-order valence-electron chi connectivity index (χ3n) is 4.96. The van der Waals surface area contributed by atoms with E-state index in [1.54, 1.807) is 0 Å². The Kier molecular flexibility index (Phi) is 5.38. The number of nitrogens with one attached hydrogen (secondary N) is 3. The molecule has 2 unspecified atom stereocenters. The maximum absolute atomic E-state index is 12.4. The van der Waals surface area contributed by atoms with Crippen LogP contribution in [-0.2, 0) is 0 Å². The summed E-state index contributed by atoms with van der Waals surface area (Å²) in [6, 6.07) is 7.47. The molecule has 0 aromatic heterocycles. The van der Waals surface area contributed by atoms with Crippen molar-refractivity contribution >= 4 is 11.9 Å². The Morgan fingerprint density at radius 3 is 2.21 bits per heavy atom. The molecule has 1 aromatic carbocycles. The van der Waals surface area contributed by atoms with Gasteiger partial charge in [-0.25, -0.2) is 4.79 Å². The average Bonchev–Trinajstić information content (AvgIpc) is 3.40. The summed E-state index contributed by atoms with van der Waals surface area (Å²) >= 11 is 0. The van der Waals surface area contributed by atoms with Crippen LogP contribution in [0.1, 0.15) is 54.4 Å². The van der Waals surface area contributed by atoms with Gasteiger partial charge in [-0.3, -0.25) is 4.79 Å². The lowest BCUT2D eigenvalue weighted by atomic mass is 9.90. The first-order chi connectivity index (χ1) is 11.6. The summed E-state index contributed by atoms with van der Waals surface area (Å²) in [7, 11) is 0. The van der Waals surface area contributed by atoms with E-state index in [4.69, 9.17) is 0 Å². The van der Waals surface area contributed by atoms with Gasteiger partial charge in [-0.05, 0) is 50.7 Å². The molecule has 2 aliphatic rings. The molecule has 2 aliphatic carbocycles. The molecule has 0 spiro atoms. The first-order valence-corrected chi connectivity index (χ1v) is 9.04. The summed E-state index contributed by atoms with van der Waals surface area (Å²) in [5, 5.41) is 9.10. The van der Waals surface area contributed by atoms with Gasteiger partial charge in [-0.1, -0.05) is 30.5 Å². The number of carbonyl (C=O) groups is 2. The van der Waals surface area contributed by atoms with Crippen molar-refractivity contribution in [1.82, 2.24) is 16.0 Å². The Morgan fingerprint density at radius 2 is 1.58 bits per heavy atom. The highest BCUT2D eigenvalue weighted by molar-refractivity contribution is 5.94. The van der Waals surface area contributed by atoms with Gasteiger partial charge in [0.2, 0.25) is 0 Å². The predicted molar refractivity (Wildman–Crippen MR) is 93.9 cm³/mol. The quantitative estimate of drug-likeness (QED) is 0.777. The van der Waals surface area contributed by atoms with Gasteiger partial charge >= 0.3 is 6.03 Å². The monoisotopic (exact) mass is 329 g/mol. The molecule has 0 aliphatic heterocycles. The Hall–Kier alpha value is -2.04. The van der Waals surface area contributed by atoms with Crippen LogP contribution < -0.4 is 16.0 Å². The van der Waals surface area contributed by atoms with Gasteiger partial charge < -0.3 is 16.0 Å². The minimum atomic E-state index is -0.108. The number of aryl methyl sites for hydroxylation is 1. The van der Waals surface area contributed by atoms with Crippen LogP contribution in [0, 0.1) is 12.8 Å². The summed E-state index contributed by atoms with van der Waals surface area (Å²) < 4.78 is 0. The van der Waals surface area contributed by atoms with Crippen molar-refractivity contribution in [2.75, 3.05) is 6.54 Å². The lowest BCUT2D eigenvalue weighted by molar-refractivity contribution is 0.0916. The minimum absolute atomic E-state index is 0.000715. The zero-order chi connectivity index (χ0) is 16.9. The van der Waals surface area contributed by atoms with Crippen LogP contribution in [0.2, 0.25) is 0 Å². The lowest BCUT2D eigenvalue weighted by Crippen LogP contribution is -2.55. The Balaban J connectivity index is 1.53.